The summed E-state index contributed by atoms with van der Waals surface area (Å²) < 4.78 is 5.13. The molecule has 2 heteroatoms. The van der Waals surface area contributed by atoms with E-state index in [9.17, 15) is 0 Å². The van der Waals surface area contributed by atoms with Crippen LogP contribution in [0.5, 0.6) is 0 Å². The Morgan fingerprint density at radius 2 is 2.44 bits per heavy atom. The number of nitrogens with one attached hydrogen (secondary N) is 1. The van der Waals surface area contributed by atoms with Gasteiger partial charge in [0.2, 0.25) is 0 Å². The van der Waals surface area contributed by atoms with Crippen LogP contribution in [0, 0.1) is 0 Å². The molecule has 0 bridgehead atoms. The van der Waals surface area contributed by atoms with E-state index in [1.54, 1.807) is 6.08 Å². The van der Waals surface area contributed by atoms with Crippen molar-refractivity contribution in [2.24, 2.45) is 0 Å². The van der Waals surface area contributed by atoms with E-state index in [4.69, 9.17) is 4.74 Å². The summed E-state index contributed by atoms with van der Waals surface area (Å²) in [5.74, 6) is 0. The lowest BCUT2D eigenvalue weighted by atomic mass is 10.4. The van der Waals surface area contributed by atoms with E-state index in [0.717, 1.165) is 19.6 Å². The Kier molecular flexibility index (Phi) is 7.37. The summed E-state index contributed by atoms with van der Waals surface area (Å²) in [5, 5.41) is 3.04. The highest BCUT2D eigenvalue weighted by atomic mass is 16.5. The molecule has 0 saturated carbocycles. The zero-order valence-electron chi connectivity index (χ0n) is 6.02. The maximum Gasteiger partial charge on any atom is 0.0644 e. The minimum atomic E-state index is 0.670. The van der Waals surface area contributed by atoms with E-state index in [2.05, 4.69) is 11.9 Å². The molecule has 54 valence electrons. The second-order valence-corrected chi connectivity index (χ2v) is 1.82. The molecular formula is C7H15NO. The normalized spacial score (nSPS) is 9.44. The summed E-state index contributed by atoms with van der Waals surface area (Å²) in [6.45, 7) is 6.06. The molecule has 0 rings (SSSR count). The van der Waals surface area contributed by atoms with E-state index in [1.807, 2.05) is 7.05 Å². The molecule has 0 aliphatic heterocycles. The first kappa shape index (κ1) is 8.66. The third-order valence-electron chi connectivity index (χ3n) is 0.951. The van der Waals surface area contributed by atoms with Gasteiger partial charge in [0.05, 0.1) is 6.61 Å². The van der Waals surface area contributed by atoms with Crippen molar-refractivity contribution >= 4 is 0 Å². The van der Waals surface area contributed by atoms with Crippen LogP contribution in [-0.2, 0) is 4.74 Å². The number of rotatable bonds is 6. The van der Waals surface area contributed by atoms with Crippen molar-refractivity contribution in [1.29, 1.82) is 0 Å². The maximum absolute atomic E-state index is 5.13. The largest absolute Gasteiger partial charge is 0.377 e. The zero-order chi connectivity index (χ0) is 6.95. The first-order valence-electron chi connectivity index (χ1n) is 3.25. The molecule has 0 amide bonds. The SMILES string of the molecule is C=CCOCCCNC. The maximum atomic E-state index is 5.13. The standard InChI is InChI=1S/C7H15NO/c1-3-6-9-7-4-5-8-2/h3,8H,1,4-7H2,2H3. The van der Waals surface area contributed by atoms with Crippen molar-refractivity contribution in [2.45, 2.75) is 6.42 Å². The van der Waals surface area contributed by atoms with Gasteiger partial charge in [0, 0.05) is 6.61 Å². The summed E-state index contributed by atoms with van der Waals surface area (Å²) in [6.07, 6.45) is 2.84. The summed E-state index contributed by atoms with van der Waals surface area (Å²) in [4.78, 5) is 0. The van der Waals surface area contributed by atoms with Gasteiger partial charge >= 0.3 is 0 Å². The second kappa shape index (κ2) is 7.66. The van der Waals surface area contributed by atoms with Crippen LogP contribution in [0.1, 0.15) is 6.42 Å². The molecule has 0 unspecified atom stereocenters. The minimum absolute atomic E-state index is 0.670. The molecule has 0 saturated heterocycles. The molecule has 2 nitrogen and oxygen atoms in total. The van der Waals surface area contributed by atoms with Crippen molar-refractivity contribution in [3.8, 4) is 0 Å². The van der Waals surface area contributed by atoms with Gasteiger partial charge in [-0.3, -0.25) is 0 Å². The van der Waals surface area contributed by atoms with Crippen LogP contribution in [0.2, 0.25) is 0 Å². The molecule has 0 fully saturated rings. The molecule has 0 aromatic rings. The van der Waals surface area contributed by atoms with Gasteiger partial charge in [0.15, 0.2) is 0 Å². The Morgan fingerprint density at radius 3 is 3.00 bits per heavy atom. The topological polar surface area (TPSA) is 21.3 Å². The van der Waals surface area contributed by atoms with E-state index >= 15 is 0 Å². The molecule has 9 heavy (non-hydrogen) atoms. The van der Waals surface area contributed by atoms with Gasteiger partial charge in [-0.15, -0.1) is 6.58 Å². The molecule has 0 radical (unpaired) electrons. The van der Waals surface area contributed by atoms with Crippen molar-refractivity contribution in [3.05, 3.63) is 12.7 Å². The lowest BCUT2D eigenvalue weighted by Gasteiger charge is -1.98. The van der Waals surface area contributed by atoms with Crippen molar-refractivity contribution in [2.75, 3.05) is 26.8 Å². The van der Waals surface area contributed by atoms with Gasteiger partial charge in [-0.25, -0.2) is 0 Å². The monoisotopic (exact) mass is 129 g/mol. The highest BCUT2D eigenvalue weighted by Gasteiger charge is 1.82. The molecule has 0 atom stereocenters. The summed E-state index contributed by atoms with van der Waals surface area (Å²) >= 11 is 0. The predicted molar refractivity (Wildman–Crippen MR) is 39.6 cm³/mol. The van der Waals surface area contributed by atoms with E-state index in [-0.39, 0.29) is 0 Å². The number of ether oxygens (including phenoxy) is 1. The molecule has 0 aromatic heterocycles. The Hall–Kier alpha value is -0.340. The highest BCUT2D eigenvalue weighted by Crippen LogP contribution is 1.79. The van der Waals surface area contributed by atoms with Crippen molar-refractivity contribution in [1.82, 2.24) is 5.32 Å². The van der Waals surface area contributed by atoms with Gasteiger partial charge in [-0.2, -0.15) is 0 Å². The fourth-order valence-electron chi connectivity index (χ4n) is 0.518. The van der Waals surface area contributed by atoms with Gasteiger partial charge < -0.3 is 10.1 Å². The third kappa shape index (κ3) is 7.66. The van der Waals surface area contributed by atoms with E-state index < -0.39 is 0 Å². The van der Waals surface area contributed by atoms with Crippen LogP contribution in [0.25, 0.3) is 0 Å². The molecule has 0 heterocycles. The Labute approximate surface area is 56.9 Å². The smallest absolute Gasteiger partial charge is 0.0644 e. The van der Waals surface area contributed by atoms with Crippen LogP contribution in [0.4, 0.5) is 0 Å². The van der Waals surface area contributed by atoms with Gasteiger partial charge in [-0.05, 0) is 20.0 Å². The quantitative estimate of drug-likeness (QED) is 0.423. The number of hydrogen-bond acceptors (Lipinski definition) is 2. The fourth-order valence-corrected chi connectivity index (χ4v) is 0.518. The first-order chi connectivity index (χ1) is 4.41. The lowest BCUT2D eigenvalue weighted by molar-refractivity contribution is 0.160. The summed E-state index contributed by atoms with van der Waals surface area (Å²) in [7, 11) is 1.94. The van der Waals surface area contributed by atoms with E-state index in [0.29, 0.717) is 6.61 Å². The first-order valence-corrected chi connectivity index (χ1v) is 3.25. The molecule has 1 N–H and O–H groups in total. The molecular weight excluding hydrogens is 114 g/mol. The summed E-state index contributed by atoms with van der Waals surface area (Å²) in [6, 6.07) is 0. The lowest BCUT2D eigenvalue weighted by Crippen LogP contribution is -2.10. The molecule has 0 aliphatic carbocycles. The Bertz CT molecular complexity index is 63.9. The van der Waals surface area contributed by atoms with Crippen LogP contribution in [0.3, 0.4) is 0 Å². The fraction of sp³-hybridized carbons (Fsp3) is 0.714. The molecule has 0 aliphatic rings. The number of hydrogen-bond donors (Lipinski definition) is 1. The van der Waals surface area contributed by atoms with Crippen LogP contribution < -0.4 is 5.32 Å². The van der Waals surface area contributed by atoms with Crippen molar-refractivity contribution < 1.29 is 4.74 Å². The average Bonchev–Trinajstić information content (AvgIpc) is 1.89. The zero-order valence-corrected chi connectivity index (χ0v) is 6.02. The molecule has 0 aromatic carbocycles. The van der Waals surface area contributed by atoms with Crippen LogP contribution >= 0.6 is 0 Å². The van der Waals surface area contributed by atoms with Gasteiger partial charge in [-0.1, -0.05) is 6.08 Å². The van der Waals surface area contributed by atoms with Crippen LogP contribution in [-0.4, -0.2) is 26.8 Å². The van der Waals surface area contributed by atoms with Crippen LogP contribution in [0.15, 0.2) is 12.7 Å². The van der Waals surface area contributed by atoms with Crippen molar-refractivity contribution in [3.63, 3.8) is 0 Å². The third-order valence-corrected chi connectivity index (χ3v) is 0.951. The van der Waals surface area contributed by atoms with Gasteiger partial charge in [0.1, 0.15) is 0 Å². The Balaban J connectivity index is 2.66. The van der Waals surface area contributed by atoms with E-state index in [1.165, 1.54) is 0 Å². The highest BCUT2D eigenvalue weighted by molar-refractivity contribution is 4.63. The second-order valence-electron chi connectivity index (χ2n) is 1.82. The predicted octanol–water partition coefficient (Wildman–Crippen LogP) is 0.798. The summed E-state index contributed by atoms with van der Waals surface area (Å²) in [5.41, 5.74) is 0. The Morgan fingerprint density at radius 1 is 1.67 bits per heavy atom. The minimum Gasteiger partial charge on any atom is -0.377 e. The molecule has 0 spiro atoms. The average molecular weight is 129 g/mol. The van der Waals surface area contributed by atoms with Gasteiger partial charge in [0.25, 0.3) is 0 Å².